The smallest absolute Gasteiger partial charge is 0.322 e. The van der Waals surface area contributed by atoms with Crippen LogP contribution in [0, 0.1) is 11.3 Å². The van der Waals surface area contributed by atoms with E-state index in [0.717, 1.165) is 4.88 Å². The number of carbonyl (C=O) groups excluding carboxylic acids is 1. The van der Waals surface area contributed by atoms with E-state index in [2.05, 4.69) is 16.4 Å². The number of nitrogens with one attached hydrogen (secondary N) is 1. The molecule has 8 heteroatoms. The molecule has 1 atom stereocenters. The molecule has 1 unspecified atom stereocenters. The number of hydrogen-bond donors (Lipinski definition) is 2. The largest absolute Gasteiger partial charge is 0.394 e. The highest BCUT2D eigenvalue weighted by Gasteiger charge is 2.24. The van der Waals surface area contributed by atoms with Crippen LogP contribution in [0.4, 0.5) is 10.5 Å². The molecule has 2 amide bonds. The molecule has 124 valence electrons. The topological polar surface area (TPSA) is 98.5 Å². The van der Waals surface area contributed by atoms with Crippen molar-refractivity contribution in [3.05, 3.63) is 35.3 Å². The quantitative estimate of drug-likeness (QED) is 0.886. The third-order valence-electron chi connectivity index (χ3n) is 3.63. The van der Waals surface area contributed by atoms with Crippen LogP contribution >= 0.6 is 11.3 Å². The highest BCUT2D eigenvalue weighted by molar-refractivity contribution is 7.16. The summed E-state index contributed by atoms with van der Waals surface area (Å²) < 4.78 is 5.35. The molecule has 1 aliphatic rings. The number of aliphatic hydroxyl groups excluding tert-OH is 1. The zero-order valence-corrected chi connectivity index (χ0v) is 13.6. The van der Waals surface area contributed by atoms with Gasteiger partial charge in [0.05, 0.1) is 36.4 Å². The first-order valence-corrected chi connectivity index (χ1v) is 8.26. The minimum absolute atomic E-state index is 0.117. The van der Waals surface area contributed by atoms with Gasteiger partial charge in [-0.25, -0.2) is 4.79 Å². The fourth-order valence-corrected chi connectivity index (χ4v) is 3.25. The number of anilines is 1. The van der Waals surface area contributed by atoms with Gasteiger partial charge in [-0.05, 0) is 24.3 Å². The van der Waals surface area contributed by atoms with E-state index in [0.29, 0.717) is 36.0 Å². The molecule has 0 spiro atoms. The molecule has 2 N–H and O–H groups in total. The summed E-state index contributed by atoms with van der Waals surface area (Å²) in [5.74, 6) is 0. The maximum Gasteiger partial charge on any atom is 0.322 e. The predicted octanol–water partition coefficient (Wildman–Crippen LogP) is 1.91. The number of aromatic nitrogens is 1. The SMILES string of the molecule is N#Cc1ccc(-c2ncccc2NC(=O)N2CCOC(CO)C2)s1. The molecule has 0 aliphatic carbocycles. The molecule has 2 aromatic rings. The Hall–Kier alpha value is -2.47. The van der Waals surface area contributed by atoms with Gasteiger partial charge in [-0.3, -0.25) is 4.98 Å². The minimum atomic E-state index is -0.353. The highest BCUT2D eigenvalue weighted by Crippen LogP contribution is 2.31. The van der Waals surface area contributed by atoms with E-state index in [1.165, 1.54) is 11.3 Å². The number of nitrogens with zero attached hydrogens (tertiary/aromatic N) is 3. The monoisotopic (exact) mass is 344 g/mol. The summed E-state index contributed by atoms with van der Waals surface area (Å²) in [7, 11) is 0. The Bertz CT molecular complexity index is 771. The molecule has 1 aliphatic heterocycles. The molecule has 0 aromatic carbocycles. The minimum Gasteiger partial charge on any atom is -0.394 e. The van der Waals surface area contributed by atoms with Crippen LogP contribution in [0.15, 0.2) is 30.5 Å². The number of urea groups is 1. The summed E-state index contributed by atoms with van der Waals surface area (Å²) in [6.45, 7) is 1.09. The van der Waals surface area contributed by atoms with Crippen molar-refractivity contribution in [3.8, 4) is 16.6 Å². The Morgan fingerprint density at radius 2 is 2.42 bits per heavy atom. The molecule has 1 fully saturated rings. The first-order valence-electron chi connectivity index (χ1n) is 7.45. The van der Waals surface area contributed by atoms with Crippen molar-refractivity contribution in [2.24, 2.45) is 0 Å². The molecular weight excluding hydrogens is 328 g/mol. The lowest BCUT2D eigenvalue weighted by atomic mass is 10.2. The zero-order valence-electron chi connectivity index (χ0n) is 12.8. The second-order valence-corrected chi connectivity index (χ2v) is 6.31. The van der Waals surface area contributed by atoms with E-state index in [1.54, 1.807) is 29.3 Å². The summed E-state index contributed by atoms with van der Waals surface area (Å²) in [6.07, 6.45) is 1.29. The Balaban J connectivity index is 1.78. The van der Waals surface area contributed by atoms with Gasteiger partial charge in [0.25, 0.3) is 0 Å². The number of hydrogen-bond acceptors (Lipinski definition) is 6. The summed E-state index contributed by atoms with van der Waals surface area (Å²) in [6, 6.07) is 8.90. The van der Waals surface area contributed by atoms with E-state index in [1.807, 2.05) is 6.07 Å². The summed E-state index contributed by atoms with van der Waals surface area (Å²) >= 11 is 1.33. The van der Waals surface area contributed by atoms with Gasteiger partial charge in [-0.2, -0.15) is 5.26 Å². The fourth-order valence-electron chi connectivity index (χ4n) is 2.44. The third kappa shape index (κ3) is 3.54. The average Bonchev–Trinajstić information content (AvgIpc) is 3.11. The first kappa shape index (κ1) is 16.4. The van der Waals surface area contributed by atoms with Crippen molar-refractivity contribution in [1.82, 2.24) is 9.88 Å². The summed E-state index contributed by atoms with van der Waals surface area (Å²) in [5, 5.41) is 21.0. The lowest BCUT2D eigenvalue weighted by Gasteiger charge is -2.32. The van der Waals surface area contributed by atoms with Crippen LogP contribution in [0.3, 0.4) is 0 Å². The predicted molar refractivity (Wildman–Crippen MR) is 89.7 cm³/mol. The average molecular weight is 344 g/mol. The van der Waals surface area contributed by atoms with Gasteiger partial charge in [0, 0.05) is 12.7 Å². The molecular formula is C16H16N4O3S. The Labute approximate surface area is 143 Å². The van der Waals surface area contributed by atoms with Crippen molar-refractivity contribution in [3.63, 3.8) is 0 Å². The van der Waals surface area contributed by atoms with E-state index in [4.69, 9.17) is 10.00 Å². The van der Waals surface area contributed by atoms with Crippen LogP contribution in [-0.4, -0.2) is 53.4 Å². The Kier molecular flexibility index (Phi) is 5.05. The number of morpholine rings is 1. The van der Waals surface area contributed by atoms with Crippen molar-refractivity contribution >= 4 is 23.1 Å². The number of thiophene rings is 1. The van der Waals surface area contributed by atoms with Gasteiger partial charge in [0.1, 0.15) is 16.6 Å². The van der Waals surface area contributed by atoms with Gasteiger partial charge in [-0.15, -0.1) is 11.3 Å². The summed E-state index contributed by atoms with van der Waals surface area (Å²) in [5.41, 5.74) is 1.21. The number of amides is 2. The van der Waals surface area contributed by atoms with Crippen molar-refractivity contribution in [2.45, 2.75) is 6.10 Å². The number of ether oxygens (including phenoxy) is 1. The van der Waals surface area contributed by atoms with Gasteiger partial charge < -0.3 is 20.1 Å². The molecule has 3 rings (SSSR count). The first-order chi connectivity index (χ1) is 11.7. The molecule has 3 heterocycles. The van der Waals surface area contributed by atoms with E-state index in [-0.39, 0.29) is 18.7 Å². The van der Waals surface area contributed by atoms with Gasteiger partial charge in [-0.1, -0.05) is 0 Å². The number of aliphatic hydroxyl groups is 1. The van der Waals surface area contributed by atoms with E-state index in [9.17, 15) is 9.90 Å². The summed E-state index contributed by atoms with van der Waals surface area (Å²) in [4.78, 5) is 19.8. The van der Waals surface area contributed by atoms with E-state index < -0.39 is 0 Å². The molecule has 7 nitrogen and oxygen atoms in total. The molecule has 0 bridgehead atoms. The standard InChI is InChI=1S/C16H16N4O3S/c17-8-12-3-4-14(24-12)15-13(2-1-5-18-15)19-16(22)20-6-7-23-11(9-20)10-21/h1-5,11,21H,6-7,9-10H2,(H,19,22). The highest BCUT2D eigenvalue weighted by atomic mass is 32.1. The second kappa shape index (κ2) is 7.40. The third-order valence-corrected chi connectivity index (χ3v) is 4.63. The number of pyridine rings is 1. The van der Waals surface area contributed by atoms with Crippen LogP contribution in [0.1, 0.15) is 4.88 Å². The normalized spacial score (nSPS) is 17.3. The lowest BCUT2D eigenvalue weighted by molar-refractivity contribution is -0.0388. The lowest BCUT2D eigenvalue weighted by Crippen LogP contribution is -2.48. The maximum atomic E-state index is 12.5. The number of nitriles is 1. The molecule has 0 radical (unpaired) electrons. The molecule has 24 heavy (non-hydrogen) atoms. The Morgan fingerprint density at radius 3 is 3.17 bits per heavy atom. The fraction of sp³-hybridized carbons (Fsp3) is 0.312. The number of carbonyl (C=O) groups is 1. The second-order valence-electron chi connectivity index (χ2n) is 5.23. The van der Waals surface area contributed by atoms with Gasteiger partial charge in [0.2, 0.25) is 0 Å². The van der Waals surface area contributed by atoms with Crippen molar-refractivity contribution in [1.29, 1.82) is 5.26 Å². The molecule has 0 saturated carbocycles. The zero-order chi connectivity index (χ0) is 16.9. The maximum absolute atomic E-state index is 12.5. The van der Waals surface area contributed by atoms with Gasteiger partial charge in [0.15, 0.2) is 0 Å². The molecule has 2 aromatic heterocycles. The van der Waals surface area contributed by atoms with Gasteiger partial charge >= 0.3 is 6.03 Å². The van der Waals surface area contributed by atoms with Crippen LogP contribution in [0.5, 0.6) is 0 Å². The number of rotatable bonds is 3. The van der Waals surface area contributed by atoms with E-state index >= 15 is 0 Å². The van der Waals surface area contributed by atoms with Crippen LogP contribution < -0.4 is 5.32 Å². The molecule has 1 saturated heterocycles. The van der Waals surface area contributed by atoms with Crippen molar-refractivity contribution < 1.29 is 14.6 Å². The van der Waals surface area contributed by atoms with Crippen LogP contribution in [0.2, 0.25) is 0 Å². The van der Waals surface area contributed by atoms with Crippen LogP contribution in [0.25, 0.3) is 10.6 Å². The van der Waals surface area contributed by atoms with Crippen molar-refractivity contribution in [2.75, 3.05) is 31.6 Å². The van der Waals surface area contributed by atoms with Crippen LogP contribution in [-0.2, 0) is 4.74 Å². The Morgan fingerprint density at radius 1 is 1.54 bits per heavy atom.